The van der Waals surface area contributed by atoms with Gasteiger partial charge in [0.15, 0.2) is 0 Å². The van der Waals surface area contributed by atoms with Crippen LogP contribution in [0.25, 0.3) is 0 Å². The Morgan fingerprint density at radius 1 is 0.941 bits per heavy atom. The maximum Gasteiger partial charge on any atom is 0.333 e. The predicted octanol–water partition coefficient (Wildman–Crippen LogP) is 7.16. The van der Waals surface area contributed by atoms with Crippen molar-refractivity contribution in [3.05, 3.63) is 11.6 Å². The van der Waals surface area contributed by atoms with Crippen molar-refractivity contribution in [2.24, 2.45) is 17.3 Å². The third-order valence-electron chi connectivity index (χ3n) is 7.05. The molecule has 0 aromatic rings. The number of carboxylic acid groups (broad SMARTS) is 2. The minimum Gasteiger partial charge on any atom is -0.481 e. The highest BCUT2D eigenvalue weighted by molar-refractivity contribution is 5.92. The third-order valence-corrected chi connectivity index (χ3v) is 7.05. The largest absolute Gasteiger partial charge is 0.481 e. The number of unbranched alkanes of at least 4 members (excludes halogenated alkanes) is 8. The molecule has 0 aromatic carbocycles. The highest BCUT2D eigenvalue weighted by atomic mass is 16.5. The van der Waals surface area contributed by atoms with Gasteiger partial charge in [0.1, 0.15) is 0 Å². The molecule has 1 saturated carbocycles. The molecule has 0 spiro atoms. The van der Waals surface area contributed by atoms with Gasteiger partial charge >= 0.3 is 17.9 Å². The molecule has 0 heterocycles. The van der Waals surface area contributed by atoms with Crippen LogP contribution < -0.4 is 0 Å². The summed E-state index contributed by atoms with van der Waals surface area (Å²) in [5, 5.41) is 19.8. The van der Waals surface area contributed by atoms with Crippen LogP contribution in [0, 0.1) is 17.3 Å². The van der Waals surface area contributed by atoms with Gasteiger partial charge in [0.25, 0.3) is 0 Å². The molecular weight excluding hydrogens is 432 g/mol. The number of esters is 1. The van der Waals surface area contributed by atoms with Crippen molar-refractivity contribution in [2.45, 2.75) is 124 Å². The molecule has 1 fully saturated rings. The van der Waals surface area contributed by atoms with Gasteiger partial charge in [0.05, 0.1) is 17.9 Å². The van der Waals surface area contributed by atoms with Gasteiger partial charge in [-0.1, -0.05) is 91.1 Å². The van der Waals surface area contributed by atoms with E-state index in [1.54, 1.807) is 0 Å². The lowest BCUT2D eigenvalue weighted by Gasteiger charge is -2.36. The Labute approximate surface area is 206 Å². The van der Waals surface area contributed by atoms with Crippen LogP contribution in [0.15, 0.2) is 11.6 Å². The van der Waals surface area contributed by atoms with Crippen molar-refractivity contribution in [2.75, 3.05) is 6.61 Å². The second-order valence-corrected chi connectivity index (χ2v) is 10.4. The summed E-state index contributed by atoms with van der Waals surface area (Å²) in [5.41, 5.74) is -1.21. The van der Waals surface area contributed by atoms with Crippen LogP contribution >= 0.6 is 0 Å². The SMILES string of the molecule is CCCCCCCCCCC(=CC1(C(=O)O)CCCCC1C(=O)O)C(=O)OCCCCC(C)C. The van der Waals surface area contributed by atoms with Crippen molar-refractivity contribution in [1.82, 2.24) is 0 Å². The lowest BCUT2D eigenvalue weighted by atomic mass is 9.65. The molecule has 0 aliphatic heterocycles. The zero-order valence-corrected chi connectivity index (χ0v) is 21.8. The summed E-state index contributed by atoms with van der Waals surface area (Å²) >= 11 is 0. The Hall–Kier alpha value is -1.85. The van der Waals surface area contributed by atoms with Crippen LogP contribution in [0.4, 0.5) is 0 Å². The van der Waals surface area contributed by atoms with Crippen molar-refractivity contribution >= 4 is 17.9 Å². The molecule has 1 rings (SSSR count). The zero-order valence-electron chi connectivity index (χ0n) is 21.8. The third kappa shape index (κ3) is 10.6. The summed E-state index contributed by atoms with van der Waals surface area (Å²) in [6.45, 7) is 6.82. The first-order chi connectivity index (χ1) is 16.2. The van der Waals surface area contributed by atoms with E-state index in [1.165, 1.54) is 38.2 Å². The fourth-order valence-corrected chi connectivity index (χ4v) is 4.94. The van der Waals surface area contributed by atoms with Gasteiger partial charge in [-0.25, -0.2) is 4.79 Å². The normalized spacial score (nSPS) is 20.9. The zero-order chi connectivity index (χ0) is 25.4. The minimum atomic E-state index is -1.55. The van der Waals surface area contributed by atoms with Crippen LogP contribution in [0.2, 0.25) is 0 Å². The molecule has 6 nitrogen and oxygen atoms in total. The molecule has 0 saturated heterocycles. The number of carbonyl (C=O) groups excluding carboxylic acids is 1. The molecule has 0 radical (unpaired) electrons. The van der Waals surface area contributed by atoms with E-state index in [-0.39, 0.29) is 6.42 Å². The molecule has 1 aliphatic rings. The summed E-state index contributed by atoms with van der Waals surface area (Å²) < 4.78 is 5.52. The molecule has 0 aromatic heterocycles. The van der Waals surface area contributed by atoms with Gasteiger partial charge in [0, 0.05) is 5.57 Å². The van der Waals surface area contributed by atoms with Crippen LogP contribution in [-0.2, 0) is 19.1 Å². The predicted molar refractivity (Wildman–Crippen MR) is 135 cm³/mol. The molecule has 1 aliphatic carbocycles. The Bertz CT molecular complexity index is 653. The average molecular weight is 481 g/mol. The van der Waals surface area contributed by atoms with Crippen molar-refractivity contribution in [3.63, 3.8) is 0 Å². The van der Waals surface area contributed by atoms with Gasteiger partial charge in [-0.2, -0.15) is 0 Å². The van der Waals surface area contributed by atoms with E-state index in [9.17, 15) is 24.6 Å². The molecule has 34 heavy (non-hydrogen) atoms. The van der Waals surface area contributed by atoms with Gasteiger partial charge in [0.2, 0.25) is 0 Å². The van der Waals surface area contributed by atoms with E-state index < -0.39 is 29.2 Å². The quantitative estimate of drug-likeness (QED) is 0.123. The first kappa shape index (κ1) is 30.2. The molecule has 2 atom stereocenters. The second kappa shape index (κ2) is 16.7. The highest BCUT2D eigenvalue weighted by Gasteiger charge is 2.50. The molecule has 6 heteroatoms. The molecule has 2 N–H and O–H groups in total. The maximum absolute atomic E-state index is 13.0. The number of rotatable bonds is 18. The second-order valence-electron chi connectivity index (χ2n) is 10.4. The summed E-state index contributed by atoms with van der Waals surface area (Å²) in [6, 6.07) is 0. The van der Waals surface area contributed by atoms with Crippen LogP contribution in [0.3, 0.4) is 0 Å². The van der Waals surface area contributed by atoms with Gasteiger partial charge in [-0.3, -0.25) is 9.59 Å². The molecule has 0 bridgehead atoms. The first-order valence-corrected chi connectivity index (χ1v) is 13.6. The summed E-state index contributed by atoms with van der Waals surface area (Å²) in [6.07, 6.45) is 15.5. The number of aliphatic carboxylic acids is 2. The van der Waals surface area contributed by atoms with Crippen LogP contribution in [0.1, 0.15) is 124 Å². The smallest absolute Gasteiger partial charge is 0.333 e. The van der Waals surface area contributed by atoms with Gasteiger partial charge in [-0.15, -0.1) is 0 Å². The summed E-state index contributed by atoms with van der Waals surface area (Å²) in [7, 11) is 0. The Kier molecular flexibility index (Phi) is 14.8. The van der Waals surface area contributed by atoms with E-state index >= 15 is 0 Å². The highest BCUT2D eigenvalue weighted by Crippen LogP contribution is 2.44. The lowest BCUT2D eigenvalue weighted by Crippen LogP contribution is -2.44. The summed E-state index contributed by atoms with van der Waals surface area (Å²) in [4.78, 5) is 37.2. The fraction of sp³-hybridized carbons (Fsp3) is 0.821. The Morgan fingerprint density at radius 3 is 2.18 bits per heavy atom. The molecule has 2 unspecified atom stereocenters. The Morgan fingerprint density at radius 2 is 1.59 bits per heavy atom. The number of ether oxygens (including phenoxy) is 1. The Balaban J connectivity index is 2.89. The van der Waals surface area contributed by atoms with Crippen molar-refractivity contribution < 1.29 is 29.3 Å². The molecule has 196 valence electrons. The van der Waals surface area contributed by atoms with Gasteiger partial charge in [-0.05, 0) is 44.4 Å². The number of carbonyl (C=O) groups is 3. The monoisotopic (exact) mass is 480 g/mol. The lowest BCUT2D eigenvalue weighted by molar-refractivity contribution is -0.161. The maximum atomic E-state index is 13.0. The number of hydrogen-bond acceptors (Lipinski definition) is 4. The molecule has 0 amide bonds. The van der Waals surface area contributed by atoms with Crippen LogP contribution in [-0.4, -0.2) is 34.7 Å². The topological polar surface area (TPSA) is 101 Å². The fourth-order valence-electron chi connectivity index (χ4n) is 4.94. The van der Waals surface area contributed by atoms with E-state index in [0.717, 1.165) is 38.5 Å². The average Bonchev–Trinajstić information content (AvgIpc) is 2.79. The number of hydrogen-bond donors (Lipinski definition) is 2. The van der Waals surface area contributed by atoms with E-state index in [2.05, 4.69) is 20.8 Å². The van der Waals surface area contributed by atoms with Crippen LogP contribution in [0.5, 0.6) is 0 Å². The van der Waals surface area contributed by atoms with E-state index in [0.29, 0.717) is 43.8 Å². The van der Waals surface area contributed by atoms with E-state index in [4.69, 9.17) is 4.74 Å². The van der Waals surface area contributed by atoms with Crippen molar-refractivity contribution in [1.29, 1.82) is 0 Å². The number of carboxylic acids is 2. The first-order valence-electron chi connectivity index (χ1n) is 13.6. The summed E-state index contributed by atoms with van der Waals surface area (Å²) in [5.74, 6) is -3.17. The minimum absolute atomic E-state index is 0.238. The van der Waals surface area contributed by atoms with E-state index in [1.807, 2.05) is 0 Å². The molecular formula is C28H48O6. The van der Waals surface area contributed by atoms with Crippen molar-refractivity contribution in [3.8, 4) is 0 Å². The van der Waals surface area contributed by atoms with Gasteiger partial charge < -0.3 is 14.9 Å². The standard InChI is InChI=1S/C28H48O6/c1-4-5-6-7-8-9-10-11-17-23(26(31)34-20-15-13-16-22(2)3)21-28(27(32)33)19-14-12-18-24(28)25(29)30/h21-22,24H,4-20H2,1-3H3,(H,29,30)(H,32,33).